The molecule has 3 aromatic rings. The first kappa shape index (κ1) is 22.4. The maximum Gasteiger partial charge on any atom is 0.416 e. The molecule has 0 unspecified atom stereocenters. The second-order valence-corrected chi connectivity index (χ2v) is 8.49. The number of hydrogen-bond acceptors (Lipinski definition) is 5. The predicted octanol–water partition coefficient (Wildman–Crippen LogP) is 3.59. The molecule has 1 amide bonds. The molecule has 2 aromatic heterocycles. The number of aromatic nitrogens is 3. The lowest BCUT2D eigenvalue weighted by Gasteiger charge is -2.13. The fourth-order valence-corrected chi connectivity index (χ4v) is 3.33. The molecule has 0 aliphatic rings. The molecule has 1 aromatic carbocycles. The van der Waals surface area contributed by atoms with Crippen LogP contribution in [-0.4, -0.2) is 42.0 Å². The van der Waals surface area contributed by atoms with E-state index in [0.29, 0.717) is 0 Å². The third-order valence-electron chi connectivity index (χ3n) is 4.19. The van der Waals surface area contributed by atoms with Crippen LogP contribution in [0.25, 0.3) is 11.1 Å². The van der Waals surface area contributed by atoms with Gasteiger partial charge in [-0.05, 0) is 35.9 Å². The number of carbonyl (C=O) groups is 1. The molecule has 7 nitrogen and oxygen atoms in total. The molecule has 0 bridgehead atoms. The van der Waals surface area contributed by atoms with Gasteiger partial charge in [0.25, 0.3) is 5.91 Å². The Bertz CT molecular complexity index is 1220. The summed E-state index contributed by atoms with van der Waals surface area (Å²) in [6, 6.07) is 6.51. The Hall–Kier alpha value is -3.28. The molecule has 0 fully saturated rings. The van der Waals surface area contributed by atoms with Crippen LogP contribution >= 0.6 is 0 Å². The number of pyridine rings is 1. The number of nitrogens with one attached hydrogen (secondary N) is 1. The Morgan fingerprint density at radius 2 is 1.94 bits per heavy atom. The quantitative estimate of drug-likeness (QED) is 0.572. The Labute approximate surface area is 174 Å². The Kier molecular flexibility index (Phi) is 6.11. The normalized spacial score (nSPS) is 12.0. The van der Waals surface area contributed by atoms with Gasteiger partial charge in [-0.25, -0.2) is 17.8 Å². The van der Waals surface area contributed by atoms with Crippen LogP contribution in [0.3, 0.4) is 0 Å². The van der Waals surface area contributed by atoms with Crippen molar-refractivity contribution in [3.8, 4) is 11.1 Å². The van der Waals surface area contributed by atoms with Gasteiger partial charge < -0.3 is 5.32 Å². The molecule has 0 spiro atoms. The molecule has 0 saturated carbocycles. The van der Waals surface area contributed by atoms with Crippen molar-refractivity contribution in [3.63, 3.8) is 0 Å². The highest BCUT2D eigenvalue weighted by Crippen LogP contribution is 2.34. The monoisotopic (exact) mass is 456 g/mol. The van der Waals surface area contributed by atoms with Gasteiger partial charge in [-0.15, -0.1) is 0 Å². The van der Waals surface area contributed by atoms with Crippen LogP contribution in [0.5, 0.6) is 0 Å². The Morgan fingerprint density at radius 3 is 2.58 bits per heavy atom. The van der Waals surface area contributed by atoms with E-state index in [1.54, 1.807) is 0 Å². The number of amides is 1. The van der Waals surface area contributed by atoms with Crippen molar-refractivity contribution in [3.05, 3.63) is 59.9 Å². The fraction of sp³-hybridized carbons (Fsp3) is 0.211. The average molecular weight is 456 g/mol. The Morgan fingerprint density at radius 1 is 1.19 bits per heavy atom. The lowest BCUT2D eigenvalue weighted by Crippen LogP contribution is -2.16. The molecule has 3 rings (SSSR count). The molecular formula is C19H16F4N4O3S. The summed E-state index contributed by atoms with van der Waals surface area (Å²) in [5.74, 6) is -0.896. The van der Waals surface area contributed by atoms with Crippen LogP contribution in [0.1, 0.15) is 15.9 Å². The van der Waals surface area contributed by atoms with Crippen LogP contribution in [0.15, 0.2) is 53.8 Å². The van der Waals surface area contributed by atoms with Gasteiger partial charge in [-0.3, -0.25) is 9.48 Å². The summed E-state index contributed by atoms with van der Waals surface area (Å²) in [6.07, 6.45) is -1.15. The second-order valence-electron chi connectivity index (χ2n) is 6.53. The number of aryl methyl sites for hydroxylation is 1. The van der Waals surface area contributed by atoms with Gasteiger partial charge in [0.05, 0.1) is 18.3 Å². The number of halogens is 4. The van der Waals surface area contributed by atoms with Crippen molar-refractivity contribution < 1.29 is 30.8 Å². The van der Waals surface area contributed by atoms with Gasteiger partial charge >= 0.3 is 6.18 Å². The van der Waals surface area contributed by atoms with Crippen molar-refractivity contribution >= 4 is 21.6 Å². The van der Waals surface area contributed by atoms with Gasteiger partial charge in [-0.1, -0.05) is 6.07 Å². The van der Waals surface area contributed by atoms with E-state index in [4.69, 9.17) is 0 Å². The molecule has 0 aliphatic carbocycles. The zero-order valence-corrected chi connectivity index (χ0v) is 16.8. The maximum atomic E-state index is 13.2. The fourth-order valence-electron chi connectivity index (χ4n) is 2.74. The molecule has 12 heteroatoms. The summed E-state index contributed by atoms with van der Waals surface area (Å²) >= 11 is 0. The van der Waals surface area contributed by atoms with E-state index in [-0.39, 0.29) is 34.1 Å². The number of nitrogens with zero attached hydrogens (tertiary/aromatic N) is 3. The molecule has 0 atom stereocenters. The van der Waals surface area contributed by atoms with Crippen molar-refractivity contribution in [2.45, 2.75) is 17.7 Å². The van der Waals surface area contributed by atoms with Crippen LogP contribution in [0.4, 0.5) is 23.4 Å². The zero-order chi connectivity index (χ0) is 22.8. The minimum absolute atomic E-state index is 0.0725. The largest absolute Gasteiger partial charge is 0.416 e. The highest BCUT2D eigenvalue weighted by molar-refractivity contribution is 7.90. The van der Waals surface area contributed by atoms with Gasteiger partial charge in [-0.2, -0.15) is 18.3 Å². The van der Waals surface area contributed by atoms with Gasteiger partial charge in [0, 0.05) is 23.6 Å². The predicted molar refractivity (Wildman–Crippen MR) is 104 cm³/mol. The van der Waals surface area contributed by atoms with E-state index in [0.717, 1.165) is 24.5 Å². The summed E-state index contributed by atoms with van der Waals surface area (Å²) in [5.41, 5.74) is -0.993. The van der Waals surface area contributed by atoms with E-state index >= 15 is 0 Å². The SMILES string of the molecule is CS(=O)(=O)c1cccc(NC(=O)c2ccc(C(F)(F)F)cc2-c2cnn(CCF)c2)n1. The van der Waals surface area contributed by atoms with E-state index in [9.17, 15) is 30.8 Å². The first-order valence-corrected chi connectivity index (χ1v) is 10.7. The van der Waals surface area contributed by atoms with Crippen molar-refractivity contribution in [2.24, 2.45) is 0 Å². The number of anilines is 1. The van der Waals surface area contributed by atoms with E-state index in [1.165, 1.54) is 35.3 Å². The number of sulfone groups is 1. The molecule has 31 heavy (non-hydrogen) atoms. The summed E-state index contributed by atoms with van der Waals surface area (Å²) in [6.45, 7) is -0.817. The summed E-state index contributed by atoms with van der Waals surface area (Å²) < 4.78 is 76.7. The summed E-state index contributed by atoms with van der Waals surface area (Å²) in [4.78, 5) is 16.6. The lowest BCUT2D eigenvalue weighted by atomic mass is 9.98. The van der Waals surface area contributed by atoms with Crippen LogP contribution in [0.2, 0.25) is 0 Å². The molecule has 2 heterocycles. The number of benzene rings is 1. The second kappa shape index (κ2) is 8.46. The maximum absolute atomic E-state index is 13.2. The van der Waals surface area contributed by atoms with Crippen LogP contribution in [-0.2, 0) is 22.6 Å². The van der Waals surface area contributed by atoms with Gasteiger partial charge in [0.1, 0.15) is 12.5 Å². The average Bonchev–Trinajstić information content (AvgIpc) is 3.15. The van der Waals surface area contributed by atoms with Gasteiger partial charge in [0.2, 0.25) is 0 Å². The number of carbonyl (C=O) groups excluding carboxylic acids is 1. The van der Waals surface area contributed by atoms with E-state index in [2.05, 4.69) is 15.4 Å². The van der Waals surface area contributed by atoms with Crippen molar-refractivity contribution in [1.82, 2.24) is 14.8 Å². The molecular weight excluding hydrogens is 440 g/mol. The molecule has 0 aliphatic heterocycles. The summed E-state index contributed by atoms with van der Waals surface area (Å²) in [7, 11) is -3.63. The third kappa shape index (κ3) is 5.26. The Balaban J connectivity index is 2.02. The number of rotatable bonds is 6. The topological polar surface area (TPSA) is 94.0 Å². The molecule has 0 saturated heterocycles. The highest BCUT2D eigenvalue weighted by Gasteiger charge is 2.32. The molecule has 0 radical (unpaired) electrons. The van der Waals surface area contributed by atoms with Crippen LogP contribution < -0.4 is 5.32 Å². The number of alkyl halides is 4. The van der Waals surface area contributed by atoms with Crippen LogP contribution in [0, 0.1) is 0 Å². The van der Waals surface area contributed by atoms with Crippen molar-refractivity contribution in [1.29, 1.82) is 0 Å². The smallest absolute Gasteiger partial charge is 0.307 e. The highest BCUT2D eigenvalue weighted by atomic mass is 32.2. The number of hydrogen-bond donors (Lipinski definition) is 1. The standard InChI is InChI=1S/C19H16F4N4O3S/c1-31(29,30)17-4-2-3-16(25-17)26-18(28)14-6-5-13(19(21,22)23)9-15(14)12-10-24-27(11-12)8-7-20/h2-6,9-11H,7-8H2,1H3,(H,25,26,28). The first-order valence-electron chi connectivity index (χ1n) is 8.77. The van der Waals surface area contributed by atoms with E-state index in [1.807, 2.05) is 0 Å². The third-order valence-corrected chi connectivity index (χ3v) is 5.18. The van der Waals surface area contributed by atoms with Crippen molar-refractivity contribution in [2.75, 3.05) is 18.2 Å². The molecule has 1 N–H and O–H groups in total. The summed E-state index contributed by atoms with van der Waals surface area (Å²) in [5, 5.41) is 6.00. The lowest BCUT2D eigenvalue weighted by molar-refractivity contribution is -0.137. The van der Waals surface area contributed by atoms with E-state index < -0.39 is 34.2 Å². The first-order chi connectivity index (χ1) is 14.5. The van der Waals surface area contributed by atoms with Gasteiger partial charge in [0.15, 0.2) is 14.9 Å². The molecule has 164 valence electrons. The minimum atomic E-state index is -4.65. The zero-order valence-electron chi connectivity index (χ0n) is 16.0. The minimum Gasteiger partial charge on any atom is -0.307 e.